The van der Waals surface area contributed by atoms with Crippen LogP contribution in [0.5, 0.6) is 0 Å². The number of esters is 1. The minimum absolute atomic E-state index is 0.00627. The van der Waals surface area contributed by atoms with Gasteiger partial charge in [-0.1, -0.05) is 0 Å². The van der Waals surface area contributed by atoms with E-state index in [9.17, 15) is 14.0 Å². The highest BCUT2D eigenvalue weighted by Gasteiger charge is 2.28. The van der Waals surface area contributed by atoms with Crippen molar-refractivity contribution in [3.05, 3.63) is 59.4 Å². The molecular formula is C20H21FN2O3. The van der Waals surface area contributed by atoms with Crippen LogP contribution in [0.25, 0.3) is 0 Å². The van der Waals surface area contributed by atoms with E-state index in [1.807, 2.05) is 6.92 Å². The smallest absolute Gasteiger partial charge is 0.338 e. The molecule has 0 aromatic heterocycles. The first kappa shape index (κ1) is 17.9. The predicted molar refractivity (Wildman–Crippen MR) is 98.1 cm³/mol. The molecule has 0 saturated carbocycles. The maximum atomic E-state index is 13.5. The molecule has 3 rings (SSSR count). The van der Waals surface area contributed by atoms with Gasteiger partial charge in [0.25, 0.3) is 0 Å². The Morgan fingerprint density at radius 1 is 1.23 bits per heavy atom. The van der Waals surface area contributed by atoms with E-state index in [0.29, 0.717) is 17.9 Å². The van der Waals surface area contributed by atoms with Crippen molar-refractivity contribution in [3.63, 3.8) is 0 Å². The summed E-state index contributed by atoms with van der Waals surface area (Å²) < 4.78 is 18.4. The monoisotopic (exact) mass is 356 g/mol. The van der Waals surface area contributed by atoms with Crippen LogP contribution in [0.4, 0.5) is 20.6 Å². The zero-order valence-corrected chi connectivity index (χ0v) is 14.8. The summed E-state index contributed by atoms with van der Waals surface area (Å²) >= 11 is 0. The molecule has 5 nitrogen and oxygen atoms in total. The van der Waals surface area contributed by atoms with Crippen molar-refractivity contribution >= 4 is 23.4 Å². The van der Waals surface area contributed by atoms with Gasteiger partial charge < -0.3 is 10.1 Å². The van der Waals surface area contributed by atoms with Crippen molar-refractivity contribution < 1.29 is 18.7 Å². The number of aryl methyl sites for hydroxylation is 1. The molecule has 0 bridgehead atoms. The van der Waals surface area contributed by atoms with Gasteiger partial charge in [0.2, 0.25) is 0 Å². The highest BCUT2D eigenvalue weighted by Crippen LogP contribution is 2.31. The third kappa shape index (κ3) is 3.69. The van der Waals surface area contributed by atoms with Gasteiger partial charge in [-0.05, 0) is 74.7 Å². The van der Waals surface area contributed by atoms with Gasteiger partial charge in [0.15, 0.2) is 0 Å². The fourth-order valence-corrected chi connectivity index (χ4v) is 3.12. The van der Waals surface area contributed by atoms with Crippen LogP contribution >= 0.6 is 0 Å². The van der Waals surface area contributed by atoms with Gasteiger partial charge in [0, 0.05) is 17.4 Å². The molecule has 2 aromatic rings. The Morgan fingerprint density at radius 3 is 2.65 bits per heavy atom. The largest absolute Gasteiger partial charge is 0.462 e. The van der Waals surface area contributed by atoms with E-state index in [4.69, 9.17) is 4.74 Å². The second-order valence-corrected chi connectivity index (χ2v) is 6.26. The molecule has 6 heteroatoms. The van der Waals surface area contributed by atoms with E-state index >= 15 is 0 Å². The van der Waals surface area contributed by atoms with E-state index in [-0.39, 0.29) is 17.9 Å². The Morgan fingerprint density at radius 2 is 1.96 bits per heavy atom. The highest BCUT2D eigenvalue weighted by atomic mass is 19.1. The van der Waals surface area contributed by atoms with Crippen molar-refractivity contribution in [1.29, 1.82) is 0 Å². The number of anilines is 2. The number of hydrogen-bond donors (Lipinski definition) is 1. The topological polar surface area (TPSA) is 58.6 Å². The molecule has 0 fully saturated rings. The van der Waals surface area contributed by atoms with Crippen LogP contribution in [0.1, 0.15) is 36.2 Å². The van der Waals surface area contributed by atoms with E-state index in [1.54, 1.807) is 42.2 Å². The summed E-state index contributed by atoms with van der Waals surface area (Å²) in [6.07, 6.45) is 1.51. The van der Waals surface area contributed by atoms with Crippen LogP contribution in [0.15, 0.2) is 42.5 Å². The van der Waals surface area contributed by atoms with E-state index in [0.717, 1.165) is 24.1 Å². The zero-order valence-electron chi connectivity index (χ0n) is 14.8. The Kier molecular flexibility index (Phi) is 5.21. The van der Waals surface area contributed by atoms with Crippen LogP contribution in [-0.4, -0.2) is 24.6 Å². The van der Waals surface area contributed by atoms with Crippen molar-refractivity contribution in [1.82, 2.24) is 0 Å². The van der Waals surface area contributed by atoms with Crippen molar-refractivity contribution in [3.8, 4) is 0 Å². The minimum atomic E-state index is -0.397. The molecule has 0 spiro atoms. The first-order chi connectivity index (χ1) is 12.5. The number of carbonyl (C=O) groups is 2. The van der Waals surface area contributed by atoms with Crippen molar-refractivity contribution in [2.45, 2.75) is 32.7 Å². The van der Waals surface area contributed by atoms with E-state index in [1.165, 1.54) is 12.1 Å². The fourth-order valence-electron chi connectivity index (χ4n) is 3.12. The molecule has 26 heavy (non-hydrogen) atoms. The minimum Gasteiger partial charge on any atom is -0.462 e. The molecule has 0 saturated heterocycles. The number of nitrogens with zero attached hydrogens (tertiary/aromatic N) is 1. The van der Waals surface area contributed by atoms with Crippen LogP contribution in [0, 0.1) is 5.82 Å². The van der Waals surface area contributed by atoms with Crippen molar-refractivity contribution in [2.24, 2.45) is 0 Å². The molecule has 1 aliphatic heterocycles. The summed E-state index contributed by atoms with van der Waals surface area (Å²) in [5.74, 6) is -0.695. The molecule has 1 atom stereocenters. The number of ether oxygens (including phenoxy) is 1. The predicted octanol–water partition coefficient (Wildman–Crippen LogP) is 4.38. The second kappa shape index (κ2) is 7.56. The number of rotatable bonds is 3. The Labute approximate surface area is 151 Å². The molecule has 0 aliphatic carbocycles. The van der Waals surface area contributed by atoms with Crippen LogP contribution in [-0.2, 0) is 11.2 Å². The number of halogens is 1. The van der Waals surface area contributed by atoms with E-state index < -0.39 is 5.97 Å². The molecule has 136 valence electrons. The van der Waals surface area contributed by atoms with Crippen LogP contribution < -0.4 is 10.2 Å². The SMILES string of the molecule is CCOC(=O)c1ccc(NC(=O)N2c3ccc(F)cc3CC[C@H]2C)cc1. The Hall–Kier alpha value is -2.89. The van der Waals surface area contributed by atoms with Crippen LogP contribution in [0.3, 0.4) is 0 Å². The standard InChI is InChI=1S/C20H21FN2O3/c1-3-26-19(24)14-6-9-17(10-7-14)22-20(25)23-13(2)4-5-15-12-16(21)8-11-18(15)23/h6-13H,3-5H2,1-2H3,(H,22,25)/t13-/m1/s1. The molecule has 1 N–H and O–H groups in total. The Balaban J connectivity index is 1.77. The normalized spacial score (nSPS) is 16.0. The van der Waals surface area contributed by atoms with Gasteiger partial charge in [-0.25, -0.2) is 14.0 Å². The van der Waals surface area contributed by atoms with Gasteiger partial charge in [0.1, 0.15) is 5.82 Å². The third-order valence-corrected chi connectivity index (χ3v) is 4.44. The van der Waals surface area contributed by atoms with Gasteiger partial charge in [-0.2, -0.15) is 0 Å². The average molecular weight is 356 g/mol. The first-order valence-corrected chi connectivity index (χ1v) is 8.65. The fraction of sp³-hybridized carbons (Fsp3) is 0.300. The summed E-state index contributed by atoms with van der Waals surface area (Å²) in [5, 5.41) is 2.84. The van der Waals surface area contributed by atoms with Gasteiger partial charge in [-0.3, -0.25) is 4.90 Å². The lowest BCUT2D eigenvalue weighted by Gasteiger charge is -2.35. The number of amides is 2. The number of nitrogens with one attached hydrogen (secondary N) is 1. The Bertz CT molecular complexity index is 820. The summed E-state index contributed by atoms with van der Waals surface area (Å²) in [6.45, 7) is 4.02. The lowest BCUT2D eigenvalue weighted by Crippen LogP contribution is -2.44. The summed E-state index contributed by atoms with van der Waals surface area (Å²) in [5.41, 5.74) is 2.56. The van der Waals surface area contributed by atoms with Crippen LogP contribution in [0.2, 0.25) is 0 Å². The van der Waals surface area contributed by atoms with Gasteiger partial charge in [0.05, 0.1) is 12.2 Å². The average Bonchev–Trinajstić information content (AvgIpc) is 2.62. The number of fused-ring (bicyclic) bond motifs is 1. The molecule has 1 aliphatic rings. The lowest BCUT2D eigenvalue weighted by molar-refractivity contribution is 0.0526. The molecule has 1 heterocycles. The maximum Gasteiger partial charge on any atom is 0.338 e. The number of carbonyl (C=O) groups excluding carboxylic acids is 2. The second-order valence-electron chi connectivity index (χ2n) is 6.26. The quantitative estimate of drug-likeness (QED) is 0.831. The summed E-state index contributed by atoms with van der Waals surface area (Å²) in [6, 6.07) is 10.7. The number of urea groups is 1. The van der Waals surface area contributed by atoms with Crippen molar-refractivity contribution in [2.75, 3.05) is 16.8 Å². The molecule has 0 unspecified atom stereocenters. The zero-order chi connectivity index (χ0) is 18.7. The molecule has 0 radical (unpaired) electrons. The summed E-state index contributed by atoms with van der Waals surface area (Å²) in [7, 11) is 0. The first-order valence-electron chi connectivity index (χ1n) is 8.65. The van der Waals surface area contributed by atoms with Gasteiger partial charge >= 0.3 is 12.0 Å². The lowest BCUT2D eigenvalue weighted by atomic mass is 9.97. The number of benzene rings is 2. The molecule has 2 aromatic carbocycles. The van der Waals surface area contributed by atoms with E-state index in [2.05, 4.69) is 5.32 Å². The highest BCUT2D eigenvalue weighted by molar-refractivity contribution is 6.03. The maximum absolute atomic E-state index is 13.5. The molecule has 2 amide bonds. The number of hydrogen-bond acceptors (Lipinski definition) is 3. The van der Waals surface area contributed by atoms with Gasteiger partial charge in [-0.15, -0.1) is 0 Å². The third-order valence-electron chi connectivity index (χ3n) is 4.44. The molecular weight excluding hydrogens is 335 g/mol. The summed E-state index contributed by atoms with van der Waals surface area (Å²) in [4.78, 5) is 26.1.